The fraction of sp³-hybridized carbons (Fsp3) is 0.818. The van der Waals surface area contributed by atoms with E-state index in [9.17, 15) is 9.59 Å². The lowest BCUT2D eigenvalue weighted by atomic mass is 9.92. The van der Waals surface area contributed by atoms with Gasteiger partial charge in [0.15, 0.2) is 0 Å². The maximum absolute atomic E-state index is 11.5. The van der Waals surface area contributed by atoms with E-state index in [1.54, 1.807) is 0 Å². The second-order valence-corrected chi connectivity index (χ2v) is 4.98. The number of nitrogens with one attached hydrogen (secondary N) is 1. The molecule has 0 fully saturated rings. The highest BCUT2D eigenvalue weighted by atomic mass is 16.4. The molecule has 0 aromatic heterocycles. The molecule has 4 nitrogen and oxygen atoms in total. The number of hydrogen-bond donors (Lipinski definition) is 2. The molecule has 15 heavy (non-hydrogen) atoms. The van der Waals surface area contributed by atoms with Gasteiger partial charge in [-0.3, -0.25) is 4.79 Å². The summed E-state index contributed by atoms with van der Waals surface area (Å²) in [5, 5.41) is 11.4. The van der Waals surface area contributed by atoms with E-state index >= 15 is 0 Å². The molecule has 0 saturated heterocycles. The van der Waals surface area contributed by atoms with Gasteiger partial charge in [-0.1, -0.05) is 34.1 Å². The third-order valence-corrected chi connectivity index (χ3v) is 1.90. The van der Waals surface area contributed by atoms with Crippen LogP contribution in [0.2, 0.25) is 0 Å². The van der Waals surface area contributed by atoms with Crippen LogP contribution in [0.1, 0.15) is 47.0 Å². The lowest BCUT2D eigenvalue weighted by Crippen LogP contribution is -2.41. The first-order valence-corrected chi connectivity index (χ1v) is 5.28. The van der Waals surface area contributed by atoms with Gasteiger partial charge in [0.2, 0.25) is 5.91 Å². The monoisotopic (exact) mass is 215 g/mol. The van der Waals surface area contributed by atoms with Crippen molar-refractivity contribution in [2.45, 2.75) is 53.0 Å². The number of carbonyl (C=O) groups is 2. The summed E-state index contributed by atoms with van der Waals surface area (Å²) >= 11 is 0. The number of amides is 1. The average molecular weight is 215 g/mol. The van der Waals surface area contributed by atoms with Gasteiger partial charge in [-0.25, -0.2) is 4.79 Å². The second kappa shape index (κ2) is 5.73. The number of carboxylic acids is 1. The number of rotatable bonds is 5. The minimum Gasteiger partial charge on any atom is -0.480 e. The smallest absolute Gasteiger partial charge is 0.326 e. The minimum atomic E-state index is -0.959. The molecule has 0 aromatic carbocycles. The van der Waals surface area contributed by atoms with Gasteiger partial charge in [-0.2, -0.15) is 0 Å². The van der Waals surface area contributed by atoms with Gasteiger partial charge in [-0.15, -0.1) is 0 Å². The van der Waals surface area contributed by atoms with E-state index in [0.29, 0.717) is 12.8 Å². The fourth-order valence-corrected chi connectivity index (χ4v) is 1.27. The van der Waals surface area contributed by atoms with E-state index in [1.165, 1.54) is 0 Å². The third kappa shape index (κ3) is 6.94. The summed E-state index contributed by atoms with van der Waals surface area (Å²) in [4.78, 5) is 22.2. The first-order valence-electron chi connectivity index (χ1n) is 5.28. The molecule has 1 amide bonds. The molecule has 0 radical (unpaired) electrons. The standard InChI is InChI=1S/C11H21NO3/c1-5-6-8(10(14)15)12-9(13)7-11(2,3)4/h8H,5-7H2,1-4H3,(H,12,13)(H,14,15). The van der Waals surface area contributed by atoms with Crippen molar-refractivity contribution in [2.24, 2.45) is 5.41 Å². The van der Waals surface area contributed by atoms with E-state index in [2.05, 4.69) is 5.32 Å². The predicted octanol–water partition coefficient (Wildman–Crippen LogP) is 1.79. The van der Waals surface area contributed by atoms with Crippen LogP contribution in [0.15, 0.2) is 0 Å². The summed E-state index contributed by atoms with van der Waals surface area (Å²) in [6.45, 7) is 7.73. The van der Waals surface area contributed by atoms with E-state index < -0.39 is 12.0 Å². The van der Waals surface area contributed by atoms with Crippen molar-refractivity contribution in [3.63, 3.8) is 0 Å². The summed E-state index contributed by atoms with van der Waals surface area (Å²) in [7, 11) is 0. The van der Waals surface area contributed by atoms with Crippen LogP contribution in [0.25, 0.3) is 0 Å². The molecule has 0 spiro atoms. The van der Waals surface area contributed by atoms with E-state index in [0.717, 1.165) is 6.42 Å². The summed E-state index contributed by atoms with van der Waals surface area (Å²) < 4.78 is 0. The zero-order chi connectivity index (χ0) is 12.1. The molecule has 0 aliphatic carbocycles. The SMILES string of the molecule is CCCC(NC(=O)CC(C)(C)C)C(=O)O. The van der Waals surface area contributed by atoms with Gasteiger partial charge >= 0.3 is 5.97 Å². The molecule has 0 saturated carbocycles. The van der Waals surface area contributed by atoms with Crippen LogP contribution in [0, 0.1) is 5.41 Å². The van der Waals surface area contributed by atoms with Gasteiger partial charge < -0.3 is 10.4 Å². The van der Waals surface area contributed by atoms with Crippen molar-refractivity contribution in [3.05, 3.63) is 0 Å². The zero-order valence-electron chi connectivity index (χ0n) is 9.96. The van der Waals surface area contributed by atoms with Crippen LogP contribution in [0.5, 0.6) is 0 Å². The fourth-order valence-electron chi connectivity index (χ4n) is 1.27. The molecule has 4 heteroatoms. The maximum Gasteiger partial charge on any atom is 0.326 e. The Hall–Kier alpha value is -1.06. The Morgan fingerprint density at radius 3 is 2.20 bits per heavy atom. The summed E-state index contributed by atoms with van der Waals surface area (Å²) in [6.07, 6.45) is 1.57. The predicted molar refractivity (Wildman–Crippen MR) is 58.5 cm³/mol. The number of carboxylic acid groups (broad SMARTS) is 1. The first-order chi connectivity index (χ1) is 6.76. The van der Waals surface area contributed by atoms with Crippen molar-refractivity contribution in [1.82, 2.24) is 5.32 Å². The number of carbonyl (C=O) groups excluding carboxylic acids is 1. The lowest BCUT2D eigenvalue weighted by molar-refractivity contribution is -0.142. The lowest BCUT2D eigenvalue weighted by Gasteiger charge is -2.19. The molecule has 1 atom stereocenters. The van der Waals surface area contributed by atoms with Crippen molar-refractivity contribution in [3.8, 4) is 0 Å². The topological polar surface area (TPSA) is 66.4 Å². The van der Waals surface area contributed by atoms with Crippen LogP contribution in [-0.2, 0) is 9.59 Å². The van der Waals surface area contributed by atoms with Crippen LogP contribution in [0.3, 0.4) is 0 Å². The summed E-state index contributed by atoms with van der Waals surface area (Å²) in [5.74, 6) is -1.15. The largest absolute Gasteiger partial charge is 0.480 e. The molecule has 0 aliphatic rings. The normalized spacial score (nSPS) is 13.3. The van der Waals surface area contributed by atoms with Gasteiger partial charge in [0.25, 0.3) is 0 Å². The Balaban J connectivity index is 4.18. The molecule has 88 valence electrons. The molecule has 0 heterocycles. The first kappa shape index (κ1) is 13.9. The highest BCUT2D eigenvalue weighted by Crippen LogP contribution is 2.18. The minimum absolute atomic E-state index is 0.112. The van der Waals surface area contributed by atoms with Crippen molar-refractivity contribution in [1.29, 1.82) is 0 Å². The zero-order valence-corrected chi connectivity index (χ0v) is 9.96. The van der Waals surface area contributed by atoms with Crippen LogP contribution >= 0.6 is 0 Å². The van der Waals surface area contributed by atoms with Crippen molar-refractivity contribution >= 4 is 11.9 Å². The second-order valence-electron chi connectivity index (χ2n) is 4.98. The van der Waals surface area contributed by atoms with Crippen LogP contribution in [-0.4, -0.2) is 23.0 Å². The molecular formula is C11H21NO3. The molecule has 2 N–H and O–H groups in total. The molecule has 0 aromatic rings. The molecule has 0 bridgehead atoms. The quantitative estimate of drug-likeness (QED) is 0.734. The summed E-state index contributed by atoms with van der Waals surface area (Å²) in [6, 6.07) is -0.746. The Morgan fingerprint density at radius 2 is 1.87 bits per heavy atom. The van der Waals surface area contributed by atoms with Crippen molar-refractivity contribution < 1.29 is 14.7 Å². The van der Waals surface area contributed by atoms with Crippen LogP contribution < -0.4 is 5.32 Å². The number of hydrogen-bond acceptors (Lipinski definition) is 2. The average Bonchev–Trinajstić information content (AvgIpc) is 1.99. The molecular weight excluding hydrogens is 194 g/mol. The van der Waals surface area contributed by atoms with Gasteiger partial charge in [0.05, 0.1) is 0 Å². The van der Waals surface area contributed by atoms with E-state index in [1.807, 2.05) is 27.7 Å². The Kier molecular flexibility index (Phi) is 5.33. The summed E-state index contributed by atoms with van der Waals surface area (Å²) in [5.41, 5.74) is -0.112. The van der Waals surface area contributed by atoms with Crippen LogP contribution in [0.4, 0.5) is 0 Å². The molecule has 0 rings (SSSR count). The Morgan fingerprint density at radius 1 is 1.33 bits per heavy atom. The highest BCUT2D eigenvalue weighted by molar-refractivity contribution is 5.83. The van der Waals surface area contributed by atoms with Gasteiger partial charge in [-0.05, 0) is 11.8 Å². The van der Waals surface area contributed by atoms with E-state index in [4.69, 9.17) is 5.11 Å². The molecule has 1 unspecified atom stereocenters. The van der Waals surface area contributed by atoms with Crippen molar-refractivity contribution in [2.75, 3.05) is 0 Å². The maximum atomic E-state index is 11.5. The van der Waals surface area contributed by atoms with E-state index in [-0.39, 0.29) is 11.3 Å². The Labute approximate surface area is 91.1 Å². The Bertz CT molecular complexity index is 230. The van der Waals surface area contributed by atoms with Gasteiger partial charge in [0, 0.05) is 6.42 Å². The van der Waals surface area contributed by atoms with Gasteiger partial charge in [0.1, 0.15) is 6.04 Å². The molecule has 0 aliphatic heterocycles. The third-order valence-electron chi connectivity index (χ3n) is 1.90. The highest BCUT2D eigenvalue weighted by Gasteiger charge is 2.22. The number of aliphatic carboxylic acids is 1.